The van der Waals surface area contributed by atoms with Crippen LogP contribution < -0.4 is 0 Å². The van der Waals surface area contributed by atoms with Gasteiger partial charge in [0, 0.05) is 27.8 Å². The van der Waals surface area contributed by atoms with Crippen LogP contribution in [0.4, 0.5) is 43.9 Å². The lowest BCUT2D eigenvalue weighted by Crippen LogP contribution is -2.72. The van der Waals surface area contributed by atoms with E-state index in [1.165, 1.54) is 0 Å². The van der Waals surface area contributed by atoms with Gasteiger partial charge in [-0.25, -0.2) is 4.39 Å². The van der Waals surface area contributed by atoms with Crippen molar-refractivity contribution in [2.75, 3.05) is 21.3 Å². The van der Waals surface area contributed by atoms with Crippen LogP contribution in [-0.4, -0.2) is 59.9 Å². The van der Waals surface area contributed by atoms with Gasteiger partial charge in [0.1, 0.15) is 0 Å². The molecule has 0 radical (unpaired) electrons. The number of hydrogen-bond acceptors (Lipinski definition) is 3. The normalized spacial score (nSPS) is 15.9. The smallest absolute Gasteiger partial charge is 0.373 e. The SMILES string of the molecule is CO[Si](OC)(OC)C(F)(F)C(F)(F)C(F)(F)C(F)CCCCCC(F)(F)F. The Bertz CT molecular complexity index is 446. The fourth-order valence-electron chi connectivity index (χ4n) is 2.24. The van der Waals surface area contributed by atoms with Gasteiger partial charge in [0.15, 0.2) is 6.17 Å². The van der Waals surface area contributed by atoms with E-state index in [9.17, 15) is 43.9 Å². The molecule has 0 spiro atoms. The highest BCUT2D eigenvalue weighted by molar-refractivity contribution is 6.63. The standard InChI is InChI=1S/C13H20F10O3Si/c1-24-27(25-2,26-3)13(22,23)12(20,21)11(18,19)9(14)7-5-4-6-8-10(15,16)17/h9H,4-8H2,1-3H3. The number of alkyl halides is 10. The van der Waals surface area contributed by atoms with Gasteiger partial charge in [-0.05, 0) is 12.8 Å². The van der Waals surface area contributed by atoms with Crippen LogP contribution in [0.15, 0.2) is 0 Å². The van der Waals surface area contributed by atoms with Crippen LogP contribution in [0.25, 0.3) is 0 Å². The minimum Gasteiger partial charge on any atom is -0.373 e. The molecule has 0 fully saturated rings. The molecule has 0 aromatic rings. The summed E-state index contributed by atoms with van der Waals surface area (Å²) in [7, 11) is -4.21. The van der Waals surface area contributed by atoms with E-state index in [1.807, 2.05) is 0 Å². The first-order chi connectivity index (χ1) is 12.1. The summed E-state index contributed by atoms with van der Waals surface area (Å²) in [5.74, 6) is -12.1. The van der Waals surface area contributed by atoms with Gasteiger partial charge in [-0.2, -0.15) is 39.5 Å². The average molecular weight is 442 g/mol. The lowest BCUT2D eigenvalue weighted by Gasteiger charge is -2.39. The lowest BCUT2D eigenvalue weighted by molar-refractivity contribution is -0.314. The molecular formula is C13H20F10O3Si. The third kappa shape index (κ3) is 5.47. The minimum atomic E-state index is -6.25. The van der Waals surface area contributed by atoms with Crippen LogP contribution in [0.5, 0.6) is 0 Å². The molecule has 0 rings (SSSR count). The summed E-state index contributed by atoms with van der Waals surface area (Å²) < 4.78 is 145. The first-order valence-corrected chi connectivity index (χ1v) is 9.28. The average Bonchev–Trinajstić information content (AvgIpc) is 2.54. The summed E-state index contributed by atoms with van der Waals surface area (Å²) >= 11 is 0. The summed E-state index contributed by atoms with van der Waals surface area (Å²) in [6, 6.07) is 0. The first kappa shape index (κ1) is 26.4. The second-order valence-electron chi connectivity index (χ2n) is 5.62. The van der Waals surface area contributed by atoms with Crippen molar-refractivity contribution in [1.82, 2.24) is 0 Å². The molecule has 0 saturated heterocycles. The molecule has 0 aromatic carbocycles. The number of unbranched alkanes of at least 4 members (excludes halogenated alkanes) is 2. The van der Waals surface area contributed by atoms with Crippen molar-refractivity contribution in [2.24, 2.45) is 0 Å². The van der Waals surface area contributed by atoms with Gasteiger partial charge in [-0.3, -0.25) is 0 Å². The molecular weight excluding hydrogens is 422 g/mol. The van der Waals surface area contributed by atoms with Gasteiger partial charge in [-0.15, -0.1) is 0 Å². The maximum atomic E-state index is 14.1. The van der Waals surface area contributed by atoms with E-state index in [2.05, 4.69) is 13.3 Å². The molecule has 0 aromatic heterocycles. The largest absolute Gasteiger partial charge is 0.581 e. The van der Waals surface area contributed by atoms with Gasteiger partial charge in [0.2, 0.25) is 0 Å². The predicted octanol–water partition coefficient (Wildman–Crippen LogP) is 5.16. The Morgan fingerprint density at radius 2 is 1.19 bits per heavy atom. The van der Waals surface area contributed by atoms with E-state index in [0.717, 1.165) is 0 Å². The molecule has 14 heteroatoms. The third-order valence-corrected chi connectivity index (χ3v) is 6.51. The highest BCUT2D eigenvalue weighted by Crippen LogP contribution is 2.52. The summed E-state index contributed by atoms with van der Waals surface area (Å²) in [4.78, 5) is 0. The van der Waals surface area contributed by atoms with Gasteiger partial charge >= 0.3 is 32.4 Å². The Labute approximate surface area is 150 Å². The summed E-state index contributed by atoms with van der Waals surface area (Å²) in [5.41, 5.74) is -5.69. The van der Waals surface area contributed by atoms with Gasteiger partial charge in [-0.1, -0.05) is 12.8 Å². The molecule has 0 aliphatic heterocycles. The van der Waals surface area contributed by atoms with Crippen molar-refractivity contribution >= 4 is 8.80 Å². The topological polar surface area (TPSA) is 27.7 Å². The monoisotopic (exact) mass is 442 g/mol. The summed E-state index contributed by atoms with van der Waals surface area (Å²) in [6.07, 6.45) is -12.4. The summed E-state index contributed by atoms with van der Waals surface area (Å²) in [5, 5.41) is 0. The molecule has 0 aliphatic carbocycles. The molecule has 0 saturated carbocycles. The Kier molecular flexibility index (Phi) is 9.06. The molecule has 0 aliphatic rings. The highest BCUT2D eigenvalue weighted by atomic mass is 28.4. The third-order valence-electron chi connectivity index (χ3n) is 3.81. The predicted molar refractivity (Wildman–Crippen MR) is 75.7 cm³/mol. The fourth-order valence-corrected chi connectivity index (χ4v) is 4.06. The Morgan fingerprint density at radius 3 is 1.56 bits per heavy atom. The Balaban J connectivity index is 5.23. The van der Waals surface area contributed by atoms with E-state index >= 15 is 0 Å². The number of hydrogen-bond donors (Lipinski definition) is 0. The van der Waals surface area contributed by atoms with Gasteiger partial charge in [0.05, 0.1) is 0 Å². The maximum absolute atomic E-state index is 14.1. The quantitative estimate of drug-likeness (QED) is 0.237. The van der Waals surface area contributed by atoms with Crippen LogP contribution >= 0.6 is 0 Å². The Hall–Kier alpha value is -0.603. The van der Waals surface area contributed by atoms with Crippen LogP contribution in [0, 0.1) is 0 Å². The fraction of sp³-hybridized carbons (Fsp3) is 1.00. The highest BCUT2D eigenvalue weighted by Gasteiger charge is 2.85. The minimum absolute atomic E-state index is 0.398. The van der Waals surface area contributed by atoms with Crippen LogP contribution in [-0.2, 0) is 13.3 Å². The molecule has 1 atom stereocenters. The zero-order valence-corrected chi connectivity index (χ0v) is 15.6. The zero-order chi connectivity index (χ0) is 21.7. The summed E-state index contributed by atoms with van der Waals surface area (Å²) in [6.45, 7) is 0. The van der Waals surface area contributed by atoms with Crippen LogP contribution in [0.1, 0.15) is 32.1 Å². The molecule has 3 nitrogen and oxygen atoms in total. The van der Waals surface area contributed by atoms with E-state index < -0.39 is 70.6 Å². The van der Waals surface area contributed by atoms with Crippen molar-refractivity contribution in [2.45, 2.75) is 61.8 Å². The molecule has 0 N–H and O–H groups in total. The molecule has 27 heavy (non-hydrogen) atoms. The first-order valence-electron chi connectivity index (χ1n) is 7.56. The van der Waals surface area contributed by atoms with E-state index in [-0.39, 0.29) is 0 Å². The Morgan fingerprint density at radius 1 is 0.741 bits per heavy atom. The lowest BCUT2D eigenvalue weighted by atomic mass is 10.0. The van der Waals surface area contributed by atoms with Crippen molar-refractivity contribution in [3.05, 3.63) is 0 Å². The van der Waals surface area contributed by atoms with Crippen LogP contribution in [0.2, 0.25) is 0 Å². The van der Waals surface area contributed by atoms with E-state index in [1.54, 1.807) is 0 Å². The number of rotatable bonds is 12. The molecule has 0 heterocycles. The van der Waals surface area contributed by atoms with E-state index in [0.29, 0.717) is 21.3 Å². The van der Waals surface area contributed by atoms with Crippen molar-refractivity contribution < 1.29 is 57.2 Å². The second-order valence-corrected chi connectivity index (χ2v) is 8.59. The van der Waals surface area contributed by atoms with Gasteiger partial charge in [0.25, 0.3) is 0 Å². The zero-order valence-electron chi connectivity index (χ0n) is 14.6. The molecule has 1 unspecified atom stereocenters. The second kappa shape index (κ2) is 9.26. The molecule has 164 valence electrons. The van der Waals surface area contributed by atoms with Crippen molar-refractivity contribution in [3.63, 3.8) is 0 Å². The van der Waals surface area contributed by atoms with Gasteiger partial charge < -0.3 is 13.3 Å². The molecule has 0 amide bonds. The molecule has 0 bridgehead atoms. The number of halogens is 10. The maximum Gasteiger partial charge on any atom is 0.581 e. The van der Waals surface area contributed by atoms with E-state index in [4.69, 9.17) is 0 Å². The van der Waals surface area contributed by atoms with Crippen LogP contribution in [0.3, 0.4) is 0 Å². The van der Waals surface area contributed by atoms with Crippen molar-refractivity contribution in [1.29, 1.82) is 0 Å². The van der Waals surface area contributed by atoms with Crippen molar-refractivity contribution in [3.8, 4) is 0 Å².